The van der Waals surface area contributed by atoms with Crippen LogP contribution in [-0.2, 0) is 6.61 Å². The lowest BCUT2D eigenvalue weighted by Crippen LogP contribution is -2.00. The summed E-state index contributed by atoms with van der Waals surface area (Å²) in [7, 11) is 1.62. The van der Waals surface area contributed by atoms with Crippen LogP contribution in [0.15, 0.2) is 54.7 Å². The molecule has 0 atom stereocenters. The van der Waals surface area contributed by atoms with Crippen molar-refractivity contribution in [2.45, 2.75) is 6.61 Å². The van der Waals surface area contributed by atoms with E-state index in [9.17, 15) is 0 Å². The molecule has 0 aliphatic rings. The van der Waals surface area contributed by atoms with Gasteiger partial charge < -0.3 is 15.2 Å². The number of aromatic amines is 1. The van der Waals surface area contributed by atoms with Crippen molar-refractivity contribution in [3.8, 4) is 22.6 Å². The molecule has 0 unspecified atom stereocenters. The number of nitrogen functional groups attached to an aromatic ring is 1. The van der Waals surface area contributed by atoms with Crippen LogP contribution in [0.2, 0.25) is 0 Å². The van der Waals surface area contributed by atoms with E-state index >= 15 is 0 Å². The van der Waals surface area contributed by atoms with Crippen molar-refractivity contribution >= 4 is 5.82 Å². The summed E-state index contributed by atoms with van der Waals surface area (Å²) < 4.78 is 11.4. The minimum absolute atomic E-state index is 0.450. The number of para-hydroxylation sites is 1. The number of nitrogens with zero attached hydrogens (tertiary/aromatic N) is 1. The van der Waals surface area contributed by atoms with Crippen molar-refractivity contribution in [2.75, 3.05) is 12.8 Å². The van der Waals surface area contributed by atoms with E-state index in [4.69, 9.17) is 15.2 Å². The van der Waals surface area contributed by atoms with Crippen molar-refractivity contribution in [2.24, 2.45) is 0 Å². The zero-order chi connectivity index (χ0) is 15.4. The quantitative estimate of drug-likeness (QED) is 0.758. The largest absolute Gasteiger partial charge is 0.493 e. The first-order valence-corrected chi connectivity index (χ1v) is 6.92. The number of nitrogens with one attached hydrogen (secondary N) is 1. The van der Waals surface area contributed by atoms with Crippen LogP contribution in [0.25, 0.3) is 11.1 Å². The van der Waals surface area contributed by atoms with Crippen molar-refractivity contribution < 1.29 is 9.47 Å². The van der Waals surface area contributed by atoms with E-state index in [1.54, 1.807) is 13.3 Å². The smallest absolute Gasteiger partial charge is 0.169 e. The zero-order valence-electron chi connectivity index (χ0n) is 12.2. The number of nitrogens with two attached hydrogens (primary N) is 1. The number of H-pyrrole nitrogens is 1. The molecule has 1 aromatic heterocycles. The average molecular weight is 295 g/mol. The lowest BCUT2D eigenvalue weighted by atomic mass is 10.1. The van der Waals surface area contributed by atoms with Gasteiger partial charge in [0.15, 0.2) is 11.5 Å². The molecule has 1 heterocycles. The summed E-state index contributed by atoms with van der Waals surface area (Å²) >= 11 is 0. The molecule has 0 amide bonds. The van der Waals surface area contributed by atoms with Crippen LogP contribution in [0.5, 0.6) is 11.5 Å². The van der Waals surface area contributed by atoms with Gasteiger partial charge in [-0.05, 0) is 11.6 Å². The highest BCUT2D eigenvalue weighted by Crippen LogP contribution is 2.40. The molecule has 3 aromatic rings. The summed E-state index contributed by atoms with van der Waals surface area (Å²) in [6.07, 6.45) is 1.68. The predicted octanol–water partition coefficient (Wildman–Crippen LogP) is 3.25. The molecule has 3 rings (SSSR count). The molecule has 0 aliphatic heterocycles. The lowest BCUT2D eigenvalue weighted by Gasteiger charge is -2.15. The zero-order valence-corrected chi connectivity index (χ0v) is 12.2. The molecule has 0 radical (unpaired) electrons. The number of benzene rings is 2. The molecule has 112 valence electrons. The summed E-state index contributed by atoms with van der Waals surface area (Å²) in [4.78, 5) is 0. The second-order valence-corrected chi connectivity index (χ2v) is 4.81. The lowest BCUT2D eigenvalue weighted by molar-refractivity contribution is 0.286. The van der Waals surface area contributed by atoms with Crippen LogP contribution >= 0.6 is 0 Å². The molecular weight excluding hydrogens is 278 g/mol. The molecule has 5 nitrogen and oxygen atoms in total. The topological polar surface area (TPSA) is 73.2 Å². The van der Waals surface area contributed by atoms with Crippen LogP contribution in [0.1, 0.15) is 5.56 Å². The summed E-state index contributed by atoms with van der Waals surface area (Å²) in [6.45, 7) is 0.450. The third kappa shape index (κ3) is 2.74. The maximum atomic E-state index is 6.00. The first kappa shape index (κ1) is 14.0. The summed E-state index contributed by atoms with van der Waals surface area (Å²) in [5, 5.41) is 6.70. The van der Waals surface area contributed by atoms with Crippen molar-refractivity contribution in [3.63, 3.8) is 0 Å². The highest BCUT2D eigenvalue weighted by atomic mass is 16.5. The second-order valence-electron chi connectivity index (χ2n) is 4.81. The van der Waals surface area contributed by atoms with Gasteiger partial charge in [0.2, 0.25) is 0 Å². The molecular formula is C17H17N3O2. The van der Waals surface area contributed by atoms with Crippen LogP contribution in [0.3, 0.4) is 0 Å². The SMILES string of the molecule is COc1cccc(-c2cn[nH]c2N)c1OCc1ccccc1. The molecule has 0 saturated carbocycles. The Balaban J connectivity index is 1.96. The summed E-state index contributed by atoms with van der Waals surface area (Å²) in [6, 6.07) is 15.7. The van der Waals surface area contributed by atoms with Crippen LogP contribution in [0.4, 0.5) is 5.82 Å². The molecule has 22 heavy (non-hydrogen) atoms. The van der Waals surface area contributed by atoms with Crippen LogP contribution in [0, 0.1) is 0 Å². The minimum Gasteiger partial charge on any atom is -0.493 e. The summed E-state index contributed by atoms with van der Waals surface area (Å²) in [5.41, 5.74) is 8.65. The van der Waals surface area contributed by atoms with E-state index in [2.05, 4.69) is 10.2 Å². The Morgan fingerprint density at radius 2 is 1.86 bits per heavy atom. The molecule has 0 aliphatic carbocycles. The Morgan fingerprint density at radius 1 is 1.05 bits per heavy atom. The predicted molar refractivity (Wildman–Crippen MR) is 85.8 cm³/mol. The Labute approximate surface area is 128 Å². The van der Waals surface area contributed by atoms with E-state index in [0.29, 0.717) is 23.9 Å². The Morgan fingerprint density at radius 3 is 2.55 bits per heavy atom. The van der Waals surface area contributed by atoms with Gasteiger partial charge in [-0.1, -0.05) is 42.5 Å². The second kappa shape index (κ2) is 6.22. The fourth-order valence-electron chi connectivity index (χ4n) is 2.28. The van der Waals surface area contributed by atoms with Crippen LogP contribution < -0.4 is 15.2 Å². The van der Waals surface area contributed by atoms with Gasteiger partial charge >= 0.3 is 0 Å². The van der Waals surface area contributed by atoms with Crippen molar-refractivity contribution in [1.82, 2.24) is 10.2 Å². The molecule has 0 saturated heterocycles. The number of hydrogen-bond donors (Lipinski definition) is 2. The van der Waals surface area contributed by atoms with Gasteiger partial charge in [0, 0.05) is 11.1 Å². The van der Waals surface area contributed by atoms with E-state index in [-0.39, 0.29) is 0 Å². The van der Waals surface area contributed by atoms with E-state index < -0.39 is 0 Å². The Kier molecular flexibility index (Phi) is 3.96. The Hall–Kier alpha value is -2.95. The van der Waals surface area contributed by atoms with E-state index in [1.807, 2.05) is 48.5 Å². The van der Waals surface area contributed by atoms with Gasteiger partial charge in [0.05, 0.1) is 13.3 Å². The number of ether oxygens (including phenoxy) is 2. The van der Waals surface area contributed by atoms with Gasteiger partial charge in [-0.2, -0.15) is 5.10 Å². The third-order valence-corrected chi connectivity index (χ3v) is 3.38. The van der Waals surface area contributed by atoms with Gasteiger partial charge in [-0.25, -0.2) is 0 Å². The van der Waals surface area contributed by atoms with Crippen molar-refractivity contribution in [1.29, 1.82) is 0 Å². The molecule has 3 N–H and O–H groups in total. The van der Waals surface area contributed by atoms with Gasteiger partial charge in [0.25, 0.3) is 0 Å². The minimum atomic E-state index is 0.450. The third-order valence-electron chi connectivity index (χ3n) is 3.38. The van der Waals surface area contributed by atoms with E-state index in [0.717, 1.165) is 16.7 Å². The number of aromatic nitrogens is 2. The van der Waals surface area contributed by atoms with Crippen molar-refractivity contribution in [3.05, 3.63) is 60.3 Å². The normalized spacial score (nSPS) is 10.4. The standard InChI is InChI=1S/C17H17N3O2/c1-21-15-9-5-8-13(14-10-19-20-17(14)18)16(15)22-11-12-6-3-2-4-7-12/h2-10H,11H2,1H3,(H3,18,19,20). The maximum absolute atomic E-state index is 6.00. The van der Waals surface area contributed by atoms with Crippen LogP contribution in [-0.4, -0.2) is 17.3 Å². The molecule has 0 bridgehead atoms. The molecule has 0 spiro atoms. The highest BCUT2D eigenvalue weighted by molar-refractivity contribution is 5.80. The fourth-order valence-corrected chi connectivity index (χ4v) is 2.28. The monoisotopic (exact) mass is 295 g/mol. The molecule has 0 fully saturated rings. The first-order chi connectivity index (χ1) is 10.8. The Bertz CT molecular complexity index is 754. The molecule has 5 heteroatoms. The maximum Gasteiger partial charge on any atom is 0.169 e. The fraction of sp³-hybridized carbons (Fsp3) is 0.118. The highest BCUT2D eigenvalue weighted by Gasteiger charge is 2.15. The first-order valence-electron chi connectivity index (χ1n) is 6.92. The molecule has 2 aromatic carbocycles. The van der Waals surface area contributed by atoms with Gasteiger partial charge in [-0.15, -0.1) is 0 Å². The summed E-state index contributed by atoms with van der Waals surface area (Å²) in [5.74, 6) is 1.81. The van der Waals surface area contributed by atoms with E-state index in [1.165, 1.54) is 0 Å². The average Bonchev–Trinajstić information content (AvgIpc) is 2.99. The number of rotatable bonds is 5. The van der Waals surface area contributed by atoms with Gasteiger partial charge in [-0.3, -0.25) is 5.10 Å². The number of anilines is 1. The number of methoxy groups -OCH3 is 1. The number of hydrogen-bond acceptors (Lipinski definition) is 4. The van der Waals surface area contributed by atoms with Gasteiger partial charge in [0.1, 0.15) is 12.4 Å².